The molecule has 0 spiro atoms. The number of anilines is 3. The van der Waals surface area contributed by atoms with Gasteiger partial charge in [0.15, 0.2) is 0 Å². The van der Waals surface area contributed by atoms with Crippen LogP contribution in [0.3, 0.4) is 0 Å². The second kappa shape index (κ2) is 6.95. The minimum absolute atomic E-state index is 0.265. The molecule has 5 N–H and O–H groups in total. The topological polar surface area (TPSA) is 101 Å². The minimum Gasteiger partial charge on any atom is -0.353 e. The fraction of sp³-hybridized carbons (Fsp3) is 0.727. The van der Waals surface area contributed by atoms with Gasteiger partial charge in [0.2, 0.25) is 17.8 Å². The first-order valence-electron chi connectivity index (χ1n) is 6.24. The standard InChI is InChI=1S/C11H23N7/c1-7(2)14-10-16-9(13-6-5-12)17-11(18-10)15-8(3)4/h7-8H,5-6,12H2,1-4H3,(H3,13,14,15,16,17,18). The second-order valence-corrected chi connectivity index (χ2v) is 4.62. The maximum Gasteiger partial charge on any atom is 0.229 e. The Labute approximate surface area is 108 Å². The van der Waals surface area contributed by atoms with Crippen molar-refractivity contribution in [3.63, 3.8) is 0 Å². The van der Waals surface area contributed by atoms with Crippen LogP contribution in [0, 0.1) is 0 Å². The molecule has 7 nitrogen and oxygen atoms in total. The maximum absolute atomic E-state index is 5.45. The van der Waals surface area contributed by atoms with Gasteiger partial charge in [-0.2, -0.15) is 15.0 Å². The van der Waals surface area contributed by atoms with Gasteiger partial charge in [0.05, 0.1) is 0 Å². The number of rotatable bonds is 7. The second-order valence-electron chi connectivity index (χ2n) is 4.62. The van der Waals surface area contributed by atoms with Crippen molar-refractivity contribution in [1.29, 1.82) is 0 Å². The van der Waals surface area contributed by atoms with Crippen LogP contribution in [0.15, 0.2) is 0 Å². The van der Waals surface area contributed by atoms with E-state index >= 15 is 0 Å². The van der Waals surface area contributed by atoms with E-state index in [9.17, 15) is 0 Å². The number of nitrogens with zero attached hydrogens (tertiary/aromatic N) is 3. The molecular weight excluding hydrogens is 230 g/mol. The molecule has 1 aromatic rings. The molecule has 1 heterocycles. The monoisotopic (exact) mass is 253 g/mol. The Hall–Kier alpha value is -1.63. The Morgan fingerprint density at radius 3 is 1.72 bits per heavy atom. The van der Waals surface area contributed by atoms with Gasteiger partial charge in [-0.25, -0.2) is 0 Å². The van der Waals surface area contributed by atoms with Crippen LogP contribution in [-0.4, -0.2) is 40.1 Å². The van der Waals surface area contributed by atoms with Gasteiger partial charge in [-0.15, -0.1) is 0 Å². The minimum atomic E-state index is 0.265. The van der Waals surface area contributed by atoms with Crippen molar-refractivity contribution in [3.8, 4) is 0 Å². The van der Waals surface area contributed by atoms with Crippen molar-refractivity contribution < 1.29 is 0 Å². The van der Waals surface area contributed by atoms with Crippen molar-refractivity contribution in [2.45, 2.75) is 39.8 Å². The zero-order chi connectivity index (χ0) is 13.5. The predicted octanol–water partition coefficient (Wildman–Crippen LogP) is 0.883. The lowest BCUT2D eigenvalue weighted by Gasteiger charge is -2.13. The van der Waals surface area contributed by atoms with E-state index in [1.54, 1.807) is 0 Å². The molecule has 18 heavy (non-hydrogen) atoms. The molecule has 0 saturated heterocycles. The largest absolute Gasteiger partial charge is 0.353 e. The van der Waals surface area contributed by atoms with Gasteiger partial charge in [-0.1, -0.05) is 0 Å². The molecule has 0 bridgehead atoms. The SMILES string of the molecule is CC(C)Nc1nc(NCCN)nc(NC(C)C)n1. The van der Waals surface area contributed by atoms with Gasteiger partial charge in [0, 0.05) is 25.2 Å². The summed E-state index contributed by atoms with van der Waals surface area (Å²) in [6.45, 7) is 9.30. The van der Waals surface area contributed by atoms with E-state index in [0.717, 1.165) is 0 Å². The lowest BCUT2D eigenvalue weighted by atomic mass is 10.4. The van der Waals surface area contributed by atoms with Crippen LogP contribution in [0.1, 0.15) is 27.7 Å². The Morgan fingerprint density at radius 2 is 1.33 bits per heavy atom. The molecular formula is C11H23N7. The molecule has 0 radical (unpaired) electrons. The number of hydrogen-bond donors (Lipinski definition) is 4. The molecule has 0 aliphatic heterocycles. The number of hydrogen-bond acceptors (Lipinski definition) is 7. The molecule has 102 valence electrons. The summed E-state index contributed by atoms with van der Waals surface area (Å²) in [4.78, 5) is 12.9. The predicted molar refractivity (Wildman–Crippen MR) is 74.9 cm³/mol. The van der Waals surface area contributed by atoms with E-state index in [1.807, 2.05) is 27.7 Å². The van der Waals surface area contributed by atoms with Gasteiger partial charge in [-0.3, -0.25) is 0 Å². The first kappa shape index (κ1) is 14.4. The highest BCUT2D eigenvalue weighted by atomic mass is 15.3. The van der Waals surface area contributed by atoms with Crippen LogP contribution in [0.4, 0.5) is 17.8 Å². The Balaban J connectivity index is 2.88. The third-order valence-corrected chi connectivity index (χ3v) is 1.90. The van der Waals surface area contributed by atoms with Crippen LogP contribution in [0.25, 0.3) is 0 Å². The van der Waals surface area contributed by atoms with Gasteiger partial charge in [0.25, 0.3) is 0 Å². The Morgan fingerprint density at radius 1 is 0.889 bits per heavy atom. The molecule has 0 amide bonds. The fourth-order valence-electron chi connectivity index (χ4n) is 1.28. The lowest BCUT2D eigenvalue weighted by Crippen LogP contribution is -2.20. The van der Waals surface area contributed by atoms with Gasteiger partial charge < -0.3 is 21.7 Å². The number of nitrogens with one attached hydrogen (secondary N) is 3. The van der Waals surface area contributed by atoms with Gasteiger partial charge in [-0.05, 0) is 27.7 Å². The van der Waals surface area contributed by atoms with E-state index < -0.39 is 0 Å². The summed E-state index contributed by atoms with van der Waals surface area (Å²) in [6, 6.07) is 0.531. The summed E-state index contributed by atoms with van der Waals surface area (Å²) in [6.07, 6.45) is 0. The zero-order valence-corrected chi connectivity index (χ0v) is 11.5. The molecule has 0 fully saturated rings. The van der Waals surface area contributed by atoms with E-state index in [2.05, 4.69) is 30.9 Å². The molecule has 0 atom stereocenters. The van der Waals surface area contributed by atoms with Crippen molar-refractivity contribution in [1.82, 2.24) is 15.0 Å². The van der Waals surface area contributed by atoms with Crippen molar-refractivity contribution in [2.75, 3.05) is 29.0 Å². The fourth-order valence-corrected chi connectivity index (χ4v) is 1.28. The average molecular weight is 253 g/mol. The first-order valence-corrected chi connectivity index (χ1v) is 6.24. The molecule has 0 saturated carbocycles. The highest BCUT2D eigenvalue weighted by Gasteiger charge is 2.07. The summed E-state index contributed by atoms with van der Waals surface area (Å²) in [5.74, 6) is 1.65. The zero-order valence-electron chi connectivity index (χ0n) is 11.5. The molecule has 0 aromatic carbocycles. The molecule has 1 rings (SSSR count). The summed E-state index contributed by atoms with van der Waals surface area (Å²) < 4.78 is 0. The number of nitrogens with two attached hydrogens (primary N) is 1. The molecule has 7 heteroatoms. The van der Waals surface area contributed by atoms with Gasteiger partial charge >= 0.3 is 0 Å². The normalized spacial score (nSPS) is 10.8. The van der Waals surface area contributed by atoms with Crippen molar-refractivity contribution in [3.05, 3.63) is 0 Å². The van der Waals surface area contributed by atoms with Crippen molar-refractivity contribution >= 4 is 17.8 Å². The smallest absolute Gasteiger partial charge is 0.229 e. The lowest BCUT2D eigenvalue weighted by molar-refractivity contribution is 0.843. The Kier molecular flexibility index (Phi) is 5.57. The van der Waals surface area contributed by atoms with E-state index in [0.29, 0.717) is 30.9 Å². The van der Waals surface area contributed by atoms with Crippen LogP contribution < -0.4 is 21.7 Å². The van der Waals surface area contributed by atoms with Crippen molar-refractivity contribution in [2.24, 2.45) is 5.73 Å². The molecule has 1 aromatic heterocycles. The van der Waals surface area contributed by atoms with E-state index in [-0.39, 0.29) is 12.1 Å². The van der Waals surface area contributed by atoms with Crippen LogP contribution in [-0.2, 0) is 0 Å². The maximum atomic E-state index is 5.45. The quantitative estimate of drug-likeness (QED) is 0.572. The van der Waals surface area contributed by atoms with Crippen LogP contribution in [0.2, 0.25) is 0 Å². The summed E-state index contributed by atoms with van der Waals surface area (Å²) in [5.41, 5.74) is 5.45. The summed E-state index contributed by atoms with van der Waals surface area (Å²) in [7, 11) is 0. The third-order valence-electron chi connectivity index (χ3n) is 1.90. The van der Waals surface area contributed by atoms with E-state index in [1.165, 1.54) is 0 Å². The average Bonchev–Trinajstić information content (AvgIpc) is 2.24. The van der Waals surface area contributed by atoms with Crippen LogP contribution >= 0.6 is 0 Å². The summed E-state index contributed by atoms with van der Waals surface area (Å²) >= 11 is 0. The van der Waals surface area contributed by atoms with Gasteiger partial charge in [0.1, 0.15) is 0 Å². The highest BCUT2D eigenvalue weighted by molar-refractivity contribution is 5.42. The van der Waals surface area contributed by atoms with Crippen LogP contribution in [0.5, 0.6) is 0 Å². The molecule has 0 unspecified atom stereocenters. The summed E-state index contributed by atoms with van der Waals surface area (Å²) in [5, 5.41) is 9.38. The first-order chi connectivity index (χ1) is 8.51. The number of aromatic nitrogens is 3. The third kappa shape index (κ3) is 5.13. The van der Waals surface area contributed by atoms with E-state index in [4.69, 9.17) is 5.73 Å². The molecule has 0 aliphatic rings. The Bertz CT molecular complexity index is 336. The highest BCUT2D eigenvalue weighted by Crippen LogP contribution is 2.10. The molecule has 0 aliphatic carbocycles.